The summed E-state index contributed by atoms with van der Waals surface area (Å²) in [5.41, 5.74) is 5.82. The lowest BCUT2D eigenvalue weighted by molar-refractivity contribution is 0.631. The van der Waals surface area contributed by atoms with Crippen molar-refractivity contribution in [1.82, 2.24) is 9.97 Å². The molecule has 90 valence electrons. The summed E-state index contributed by atoms with van der Waals surface area (Å²) in [4.78, 5) is 7.53. The molecule has 0 bridgehead atoms. The highest BCUT2D eigenvalue weighted by Crippen LogP contribution is 2.21. The van der Waals surface area contributed by atoms with Crippen LogP contribution < -0.4 is 11.1 Å². The first-order valence-electron chi connectivity index (χ1n) is 4.85. The van der Waals surface area contributed by atoms with Crippen molar-refractivity contribution in [3.05, 3.63) is 40.8 Å². The number of nitrogens with zero attached hydrogens (tertiary/aromatic N) is 3. The van der Waals surface area contributed by atoms with Crippen LogP contribution in [0.2, 0.25) is 5.15 Å². The fourth-order valence-corrected chi connectivity index (χ4v) is 1.51. The minimum absolute atomic E-state index is 0.0148. The molecular weight excluding hydrogens is 257 g/mol. The molecule has 0 saturated heterocycles. The van der Waals surface area contributed by atoms with Crippen LogP contribution in [0.25, 0.3) is 0 Å². The van der Waals surface area contributed by atoms with Crippen molar-refractivity contribution in [1.29, 1.82) is 5.26 Å². The van der Waals surface area contributed by atoms with Crippen molar-refractivity contribution in [3.8, 4) is 6.07 Å². The van der Waals surface area contributed by atoms with Gasteiger partial charge in [0.15, 0.2) is 0 Å². The number of nitrogen functional groups attached to an aromatic ring is 1. The summed E-state index contributed by atoms with van der Waals surface area (Å²) in [6, 6.07) is 7.29. The van der Waals surface area contributed by atoms with Crippen molar-refractivity contribution in [3.63, 3.8) is 0 Å². The zero-order chi connectivity index (χ0) is 13.1. The molecule has 0 aliphatic heterocycles. The minimum Gasteiger partial charge on any atom is -0.368 e. The standard InChI is InChI=1S/C11H7ClFN5/c12-9-4-10(18-11(15)17-9)16-8-2-1-6(5-14)3-7(8)13/h1-4H,(H3,15,16,17,18). The number of hydrogen-bond acceptors (Lipinski definition) is 5. The quantitative estimate of drug-likeness (QED) is 0.813. The van der Waals surface area contributed by atoms with Crippen LogP contribution in [0.5, 0.6) is 0 Å². The van der Waals surface area contributed by atoms with E-state index in [-0.39, 0.29) is 28.2 Å². The first-order valence-corrected chi connectivity index (χ1v) is 5.23. The van der Waals surface area contributed by atoms with Crippen LogP contribution >= 0.6 is 11.6 Å². The SMILES string of the molecule is N#Cc1ccc(Nc2cc(Cl)nc(N)n2)c(F)c1. The Bertz CT molecular complexity index is 618. The molecule has 5 nitrogen and oxygen atoms in total. The second kappa shape index (κ2) is 4.85. The molecule has 3 N–H and O–H groups in total. The summed E-state index contributed by atoms with van der Waals surface area (Å²) in [5.74, 6) is -0.308. The summed E-state index contributed by atoms with van der Waals surface area (Å²) in [5, 5.41) is 11.5. The van der Waals surface area contributed by atoms with Crippen LogP contribution in [0.3, 0.4) is 0 Å². The first-order chi connectivity index (χ1) is 8.58. The van der Waals surface area contributed by atoms with Crippen LogP contribution in [-0.4, -0.2) is 9.97 Å². The predicted octanol–water partition coefficient (Wildman–Crippen LogP) is 2.47. The molecule has 1 aromatic heterocycles. The third-order valence-electron chi connectivity index (χ3n) is 2.07. The van der Waals surface area contributed by atoms with E-state index in [4.69, 9.17) is 22.6 Å². The van der Waals surface area contributed by atoms with E-state index >= 15 is 0 Å². The molecule has 0 radical (unpaired) electrons. The third kappa shape index (κ3) is 2.64. The number of nitriles is 1. The molecule has 0 unspecified atom stereocenters. The molecule has 0 fully saturated rings. The van der Waals surface area contributed by atoms with E-state index in [9.17, 15) is 4.39 Å². The molecule has 0 amide bonds. The summed E-state index contributed by atoms with van der Waals surface area (Å²) in [7, 11) is 0. The van der Waals surface area contributed by atoms with Gasteiger partial charge in [-0.2, -0.15) is 10.2 Å². The molecule has 18 heavy (non-hydrogen) atoms. The van der Waals surface area contributed by atoms with E-state index in [0.29, 0.717) is 0 Å². The van der Waals surface area contributed by atoms with Gasteiger partial charge in [-0.3, -0.25) is 0 Å². The van der Waals surface area contributed by atoms with Crippen molar-refractivity contribution < 1.29 is 4.39 Å². The van der Waals surface area contributed by atoms with E-state index in [1.165, 1.54) is 18.2 Å². The first kappa shape index (κ1) is 12.1. The number of anilines is 3. The van der Waals surface area contributed by atoms with Crippen LogP contribution in [-0.2, 0) is 0 Å². The topological polar surface area (TPSA) is 87.6 Å². The number of nitrogens with two attached hydrogens (primary N) is 1. The van der Waals surface area contributed by atoms with Gasteiger partial charge in [-0.25, -0.2) is 9.37 Å². The Morgan fingerprint density at radius 1 is 1.33 bits per heavy atom. The molecule has 0 atom stereocenters. The molecule has 0 aliphatic rings. The Morgan fingerprint density at radius 2 is 2.11 bits per heavy atom. The van der Waals surface area contributed by atoms with Crippen LogP contribution in [0.15, 0.2) is 24.3 Å². The maximum atomic E-state index is 13.6. The van der Waals surface area contributed by atoms with Crippen LogP contribution in [0.4, 0.5) is 21.8 Å². The van der Waals surface area contributed by atoms with Gasteiger partial charge >= 0.3 is 0 Å². The van der Waals surface area contributed by atoms with Gasteiger partial charge in [0.2, 0.25) is 5.95 Å². The summed E-state index contributed by atoms with van der Waals surface area (Å²) in [6.07, 6.45) is 0. The van der Waals surface area contributed by atoms with Gasteiger partial charge in [0.25, 0.3) is 0 Å². The zero-order valence-corrected chi connectivity index (χ0v) is 9.74. The maximum Gasteiger partial charge on any atom is 0.223 e. The van der Waals surface area contributed by atoms with E-state index < -0.39 is 5.82 Å². The van der Waals surface area contributed by atoms with Crippen LogP contribution in [0, 0.1) is 17.1 Å². The van der Waals surface area contributed by atoms with Gasteiger partial charge in [0.05, 0.1) is 17.3 Å². The fraction of sp³-hybridized carbons (Fsp3) is 0. The van der Waals surface area contributed by atoms with Crippen LogP contribution in [0.1, 0.15) is 5.56 Å². The Hall–Kier alpha value is -2.39. The number of aromatic nitrogens is 2. The van der Waals surface area contributed by atoms with Gasteiger partial charge in [0.1, 0.15) is 16.8 Å². The number of halogens is 2. The molecular formula is C11H7ClFN5. The van der Waals surface area contributed by atoms with Gasteiger partial charge in [-0.1, -0.05) is 11.6 Å². The van der Waals surface area contributed by atoms with Gasteiger partial charge in [-0.15, -0.1) is 0 Å². The van der Waals surface area contributed by atoms with Crippen molar-refractivity contribution in [2.45, 2.75) is 0 Å². The second-order valence-electron chi connectivity index (χ2n) is 3.37. The highest BCUT2D eigenvalue weighted by Gasteiger charge is 2.06. The fourth-order valence-electron chi connectivity index (χ4n) is 1.32. The Kier molecular flexibility index (Phi) is 3.26. The monoisotopic (exact) mass is 263 g/mol. The smallest absolute Gasteiger partial charge is 0.223 e. The summed E-state index contributed by atoms with van der Waals surface area (Å²) in [6.45, 7) is 0. The Balaban J connectivity index is 2.31. The van der Waals surface area contributed by atoms with E-state index in [2.05, 4.69) is 15.3 Å². The average molecular weight is 264 g/mol. The van der Waals surface area contributed by atoms with Crippen molar-refractivity contribution >= 4 is 29.1 Å². The average Bonchev–Trinajstić information content (AvgIpc) is 2.30. The molecule has 0 saturated carbocycles. The molecule has 2 aromatic rings. The van der Waals surface area contributed by atoms with E-state index in [1.54, 1.807) is 0 Å². The van der Waals surface area contributed by atoms with Crippen molar-refractivity contribution in [2.75, 3.05) is 11.1 Å². The highest BCUT2D eigenvalue weighted by atomic mass is 35.5. The predicted molar refractivity (Wildman–Crippen MR) is 65.9 cm³/mol. The Morgan fingerprint density at radius 3 is 2.72 bits per heavy atom. The molecule has 1 heterocycles. The van der Waals surface area contributed by atoms with E-state index in [1.807, 2.05) is 6.07 Å². The largest absolute Gasteiger partial charge is 0.368 e. The lowest BCUT2D eigenvalue weighted by Gasteiger charge is -2.07. The Labute approximate surface area is 107 Å². The molecule has 2 rings (SSSR count). The van der Waals surface area contributed by atoms with Gasteiger partial charge < -0.3 is 11.1 Å². The molecule has 1 aromatic carbocycles. The lowest BCUT2D eigenvalue weighted by Crippen LogP contribution is -2.01. The third-order valence-corrected chi connectivity index (χ3v) is 2.27. The van der Waals surface area contributed by atoms with Crippen molar-refractivity contribution in [2.24, 2.45) is 0 Å². The minimum atomic E-state index is -0.567. The second-order valence-corrected chi connectivity index (χ2v) is 3.75. The summed E-state index contributed by atoms with van der Waals surface area (Å²) < 4.78 is 13.6. The normalized spacial score (nSPS) is 9.83. The number of nitrogens with one attached hydrogen (secondary N) is 1. The lowest BCUT2D eigenvalue weighted by atomic mass is 10.2. The van der Waals surface area contributed by atoms with Gasteiger partial charge in [0, 0.05) is 6.07 Å². The van der Waals surface area contributed by atoms with Gasteiger partial charge in [-0.05, 0) is 18.2 Å². The molecule has 7 heteroatoms. The highest BCUT2D eigenvalue weighted by molar-refractivity contribution is 6.29. The van der Waals surface area contributed by atoms with E-state index in [0.717, 1.165) is 6.07 Å². The number of rotatable bonds is 2. The molecule has 0 aliphatic carbocycles. The zero-order valence-electron chi connectivity index (χ0n) is 8.98. The maximum absolute atomic E-state index is 13.6. The number of hydrogen-bond donors (Lipinski definition) is 2. The summed E-state index contributed by atoms with van der Waals surface area (Å²) >= 11 is 5.70. The molecule has 0 spiro atoms. The number of benzene rings is 1.